The van der Waals surface area contributed by atoms with Gasteiger partial charge in [-0.25, -0.2) is 4.98 Å². The number of thiazole rings is 1. The molecule has 0 unspecified atom stereocenters. The third-order valence-electron chi connectivity index (χ3n) is 3.51. The highest BCUT2D eigenvalue weighted by Gasteiger charge is 2.14. The van der Waals surface area contributed by atoms with Crippen LogP contribution in [-0.2, 0) is 11.2 Å². The van der Waals surface area contributed by atoms with Gasteiger partial charge in [-0.2, -0.15) is 0 Å². The lowest BCUT2D eigenvalue weighted by Crippen LogP contribution is -2.15. The summed E-state index contributed by atoms with van der Waals surface area (Å²) in [5.41, 5.74) is 1.15. The van der Waals surface area contributed by atoms with E-state index in [0.29, 0.717) is 5.13 Å². The molecule has 2 aromatic carbocycles. The first-order valence-electron chi connectivity index (χ1n) is 7.86. The highest BCUT2D eigenvalue weighted by molar-refractivity contribution is 7.14. The van der Waals surface area contributed by atoms with Gasteiger partial charge in [-0.05, 0) is 11.6 Å². The molecule has 136 valence electrons. The van der Waals surface area contributed by atoms with Gasteiger partial charge in [0.25, 0.3) is 11.6 Å². The predicted molar refractivity (Wildman–Crippen MR) is 102 cm³/mol. The molecular formula is C18H14N4O4S. The van der Waals surface area contributed by atoms with Crippen molar-refractivity contribution in [1.82, 2.24) is 4.98 Å². The molecule has 0 aliphatic rings. The number of nitro benzene ring substituents is 1. The second-order valence-corrected chi connectivity index (χ2v) is 6.37. The molecule has 0 atom stereocenters. The molecule has 9 heteroatoms. The van der Waals surface area contributed by atoms with E-state index in [4.69, 9.17) is 0 Å². The van der Waals surface area contributed by atoms with Gasteiger partial charge in [0.15, 0.2) is 5.13 Å². The summed E-state index contributed by atoms with van der Waals surface area (Å²) in [5.74, 6) is -0.753. The Kier molecular flexibility index (Phi) is 5.53. The number of anilines is 2. The van der Waals surface area contributed by atoms with Gasteiger partial charge in [-0.1, -0.05) is 36.4 Å². The maximum absolute atomic E-state index is 12.2. The van der Waals surface area contributed by atoms with E-state index in [1.54, 1.807) is 6.07 Å². The molecule has 0 saturated heterocycles. The van der Waals surface area contributed by atoms with Crippen molar-refractivity contribution in [2.75, 3.05) is 10.6 Å². The largest absolute Gasteiger partial charge is 0.320 e. The number of nitrogens with zero attached hydrogens (tertiary/aromatic N) is 2. The number of aromatic nitrogens is 1. The van der Waals surface area contributed by atoms with Crippen LogP contribution < -0.4 is 10.6 Å². The Bertz CT molecular complexity index is 988. The Hall–Kier alpha value is -3.59. The fourth-order valence-electron chi connectivity index (χ4n) is 2.27. The minimum Gasteiger partial charge on any atom is -0.320 e. The van der Waals surface area contributed by atoms with E-state index in [1.165, 1.54) is 23.6 Å². The normalized spacial score (nSPS) is 10.2. The summed E-state index contributed by atoms with van der Waals surface area (Å²) in [7, 11) is 0. The monoisotopic (exact) mass is 382 g/mol. The number of nitro groups is 1. The third kappa shape index (κ3) is 4.95. The summed E-state index contributed by atoms with van der Waals surface area (Å²) in [6.45, 7) is 0. The molecule has 0 bridgehead atoms. The van der Waals surface area contributed by atoms with Crippen LogP contribution in [-0.4, -0.2) is 21.7 Å². The lowest BCUT2D eigenvalue weighted by Gasteiger charge is -2.03. The highest BCUT2D eigenvalue weighted by Crippen LogP contribution is 2.20. The summed E-state index contributed by atoms with van der Waals surface area (Å²) in [6.07, 6.45) is 0.204. The van der Waals surface area contributed by atoms with E-state index in [2.05, 4.69) is 15.6 Å². The van der Waals surface area contributed by atoms with E-state index in [9.17, 15) is 19.7 Å². The Labute approximate surface area is 158 Å². The Balaban J connectivity index is 1.61. The molecule has 1 aromatic heterocycles. The van der Waals surface area contributed by atoms with Gasteiger partial charge in [0, 0.05) is 23.2 Å². The SMILES string of the molecule is O=C(Cc1ccccc1)Nc1nc(C(=O)Nc2cccc([N+](=O)[O-])c2)cs1. The van der Waals surface area contributed by atoms with E-state index < -0.39 is 10.8 Å². The number of nitrogens with one attached hydrogen (secondary N) is 2. The number of benzene rings is 2. The summed E-state index contributed by atoms with van der Waals surface area (Å²) in [4.78, 5) is 38.6. The van der Waals surface area contributed by atoms with Crippen molar-refractivity contribution in [2.45, 2.75) is 6.42 Å². The lowest BCUT2D eigenvalue weighted by atomic mass is 10.1. The molecule has 0 spiro atoms. The quantitative estimate of drug-likeness (QED) is 0.500. The van der Waals surface area contributed by atoms with Crippen LogP contribution in [0.25, 0.3) is 0 Å². The average Bonchev–Trinajstić information content (AvgIpc) is 3.11. The molecule has 27 heavy (non-hydrogen) atoms. The minimum atomic E-state index is -0.543. The molecule has 2 amide bonds. The summed E-state index contributed by atoms with van der Waals surface area (Å²) in [5, 5.41) is 17.8. The topological polar surface area (TPSA) is 114 Å². The van der Waals surface area contributed by atoms with Crippen LogP contribution in [0, 0.1) is 10.1 Å². The van der Waals surface area contributed by atoms with Crippen molar-refractivity contribution in [3.63, 3.8) is 0 Å². The zero-order chi connectivity index (χ0) is 19.2. The predicted octanol–water partition coefficient (Wildman–Crippen LogP) is 3.48. The first-order valence-corrected chi connectivity index (χ1v) is 8.74. The first kappa shape index (κ1) is 18.2. The van der Waals surface area contributed by atoms with Gasteiger partial charge >= 0.3 is 0 Å². The molecule has 0 fully saturated rings. The summed E-state index contributed by atoms with van der Waals surface area (Å²) >= 11 is 1.12. The number of hydrogen-bond acceptors (Lipinski definition) is 6. The summed E-state index contributed by atoms with van der Waals surface area (Å²) < 4.78 is 0. The van der Waals surface area contributed by atoms with Gasteiger partial charge in [-0.15, -0.1) is 11.3 Å². The minimum absolute atomic E-state index is 0.113. The smallest absolute Gasteiger partial charge is 0.275 e. The standard InChI is InChI=1S/C18H14N4O4S/c23-16(9-12-5-2-1-3-6-12)21-18-20-15(11-27-18)17(24)19-13-7-4-8-14(10-13)22(25)26/h1-8,10-11H,9H2,(H,19,24)(H,20,21,23). The van der Waals surface area contributed by atoms with Crippen molar-refractivity contribution in [2.24, 2.45) is 0 Å². The second-order valence-electron chi connectivity index (χ2n) is 5.51. The molecule has 0 radical (unpaired) electrons. The molecule has 0 aliphatic carbocycles. The second kappa shape index (κ2) is 8.19. The highest BCUT2D eigenvalue weighted by atomic mass is 32.1. The van der Waals surface area contributed by atoms with Gasteiger partial charge in [0.1, 0.15) is 5.69 Å². The van der Waals surface area contributed by atoms with Crippen molar-refractivity contribution < 1.29 is 14.5 Å². The maximum Gasteiger partial charge on any atom is 0.275 e. The van der Waals surface area contributed by atoms with Gasteiger partial charge in [-0.3, -0.25) is 19.7 Å². The Morgan fingerprint density at radius 2 is 1.85 bits per heavy atom. The van der Waals surface area contributed by atoms with Crippen molar-refractivity contribution >= 4 is 39.7 Å². The zero-order valence-corrected chi connectivity index (χ0v) is 14.7. The fraction of sp³-hybridized carbons (Fsp3) is 0.0556. The maximum atomic E-state index is 12.2. The Morgan fingerprint density at radius 1 is 1.07 bits per heavy atom. The molecule has 0 saturated carbocycles. The fourth-order valence-corrected chi connectivity index (χ4v) is 2.98. The van der Waals surface area contributed by atoms with E-state index >= 15 is 0 Å². The molecule has 3 aromatic rings. The number of hydrogen-bond donors (Lipinski definition) is 2. The molecular weight excluding hydrogens is 368 g/mol. The van der Waals surface area contributed by atoms with Gasteiger partial charge in [0.05, 0.1) is 11.3 Å². The molecule has 3 rings (SSSR count). The first-order chi connectivity index (χ1) is 13.0. The van der Waals surface area contributed by atoms with Crippen molar-refractivity contribution in [3.05, 3.63) is 81.3 Å². The van der Waals surface area contributed by atoms with E-state index in [-0.39, 0.29) is 29.4 Å². The van der Waals surface area contributed by atoms with Crippen LogP contribution in [0.1, 0.15) is 16.1 Å². The molecule has 0 aliphatic heterocycles. The number of amides is 2. The van der Waals surface area contributed by atoms with Crippen LogP contribution in [0.3, 0.4) is 0 Å². The van der Waals surface area contributed by atoms with Crippen LogP contribution in [0.5, 0.6) is 0 Å². The van der Waals surface area contributed by atoms with Gasteiger partial charge < -0.3 is 10.6 Å². The van der Waals surface area contributed by atoms with Crippen molar-refractivity contribution in [1.29, 1.82) is 0 Å². The lowest BCUT2D eigenvalue weighted by molar-refractivity contribution is -0.384. The summed E-state index contributed by atoms with van der Waals surface area (Å²) in [6, 6.07) is 14.9. The average molecular weight is 382 g/mol. The third-order valence-corrected chi connectivity index (χ3v) is 4.26. The number of carbonyl (C=O) groups is 2. The molecule has 2 N–H and O–H groups in total. The van der Waals surface area contributed by atoms with Gasteiger partial charge in [0.2, 0.25) is 5.91 Å². The van der Waals surface area contributed by atoms with E-state index in [1.807, 2.05) is 30.3 Å². The van der Waals surface area contributed by atoms with Crippen LogP contribution in [0.15, 0.2) is 60.0 Å². The van der Waals surface area contributed by atoms with Crippen LogP contribution >= 0.6 is 11.3 Å². The number of carbonyl (C=O) groups excluding carboxylic acids is 2. The van der Waals surface area contributed by atoms with E-state index in [0.717, 1.165) is 16.9 Å². The van der Waals surface area contributed by atoms with Crippen molar-refractivity contribution in [3.8, 4) is 0 Å². The van der Waals surface area contributed by atoms with Crippen LogP contribution in [0.2, 0.25) is 0 Å². The van der Waals surface area contributed by atoms with Crippen LogP contribution in [0.4, 0.5) is 16.5 Å². The molecule has 1 heterocycles. The number of non-ortho nitro benzene ring substituents is 1. The zero-order valence-electron chi connectivity index (χ0n) is 13.9. The molecule has 8 nitrogen and oxygen atoms in total. The number of rotatable bonds is 6. The Morgan fingerprint density at radius 3 is 2.59 bits per heavy atom.